The summed E-state index contributed by atoms with van der Waals surface area (Å²) in [5, 5.41) is 0. The second kappa shape index (κ2) is 10.8. The molecule has 0 aromatic carbocycles. The fourth-order valence-corrected chi connectivity index (χ4v) is 1.19. The standard InChI is InChI=1S/C8H8O.C2H8OSi.2ClH.Zr/c1-6-4-7-2-3-9-8(7)5-6;1-4(2)3;;;/h2-4H,5H2,1H3;3-4H,1-2H3;2*1H;/q;;;;+2/p-2. The van der Waals surface area contributed by atoms with Crippen LogP contribution in [0.3, 0.4) is 0 Å². The van der Waals surface area contributed by atoms with E-state index in [2.05, 4.69) is 13.0 Å². The molecule has 2 rings (SSSR count). The molecule has 1 aromatic heterocycles. The van der Waals surface area contributed by atoms with Crippen molar-refractivity contribution in [1.82, 2.24) is 0 Å². The van der Waals surface area contributed by atoms with E-state index in [1.165, 1.54) is 11.1 Å². The van der Waals surface area contributed by atoms with E-state index in [1.807, 2.05) is 19.2 Å². The Hall–Kier alpha value is 0.660. The van der Waals surface area contributed by atoms with Gasteiger partial charge in [-0.1, -0.05) is 11.6 Å². The van der Waals surface area contributed by atoms with Crippen LogP contribution in [-0.2, 0) is 32.6 Å². The molecule has 0 unspecified atom stereocenters. The van der Waals surface area contributed by atoms with Gasteiger partial charge in [-0.05, 0) is 26.1 Å². The molecule has 2 nitrogen and oxygen atoms in total. The summed E-state index contributed by atoms with van der Waals surface area (Å²) in [7, 11) is -1.14. The number of hydrogen-bond donors (Lipinski definition) is 1. The minimum Gasteiger partial charge on any atom is -1.00 e. The largest absolute Gasteiger partial charge is 2.00 e. The van der Waals surface area contributed by atoms with Crippen LogP contribution in [0.25, 0.3) is 6.08 Å². The SMILES string of the molecule is CC1=Cc2ccoc2C1.C[SiH](C)O.[Cl-].[Cl-].[Zr+2]. The van der Waals surface area contributed by atoms with Crippen LogP contribution >= 0.6 is 0 Å². The molecule has 1 aliphatic carbocycles. The van der Waals surface area contributed by atoms with E-state index in [1.54, 1.807) is 6.26 Å². The van der Waals surface area contributed by atoms with Crippen molar-refractivity contribution >= 4 is 15.1 Å². The fraction of sp³-hybridized carbons (Fsp3) is 0.400. The topological polar surface area (TPSA) is 33.4 Å². The van der Waals surface area contributed by atoms with Gasteiger partial charge in [0.1, 0.15) is 5.76 Å². The fourth-order valence-electron chi connectivity index (χ4n) is 1.19. The van der Waals surface area contributed by atoms with Gasteiger partial charge < -0.3 is 34.0 Å². The molecule has 6 heteroatoms. The molecule has 0 fully saturated rings. The minimum absolute atomic E-state index is 0. The van der Waals surface area contributed by atoms with Crippen LogP contribution in [0, 0.1) is 0 Å². The Kier molecular flexibility index (Phi) is 14.8. The monoisotopic (exact) mass is 356 g/mol. The van der Waals surface area contributed by atoms with Crippen LogP contribution in [0.15, 0.2) is 22.3 Å². The zero-order valence-corrected chi connectivity index (χ0v) is 14.8. The third kappa shape index (κ3) is 7.86. The first kappa shape index (κ1) is 21.9. The van der Waals surface area contributed by atoms with E-state index in [0.29, 0.717) is 0 Å². The quantitative estimate of drug-likeness (QED) is 0.483. The average Bonchev–Trinajstić information content (AvgIpc) is 2.43. The van der Waals surface area contributed by atoms with Crippen molar-refractivity contribution in [3.8, 4) is 0 Å². The van der Waals surface area contributed by atoms with Crippen molar-refractivity contribution in [3.63, 3.8) is 0 Å². The van der Waals surface area contributed by atoms with Gasteiger partial charge in [0, 0.05) is 12.0 Å². The van der Waals surface area contributed by atoms with Crippen molar-refractivity contribution in [2.75, 3.05) is 0 Å². The first-order valence-electron chi connectivity index (χ1n) is 4.51. The molecule has 16 heavy (non-hydrogen) atoms. The Labute approximate surface area is 130 Å². The number of furan rings is 1. The number of halogens is 2. The third-order valence-corrected chi connectivity index (χ3v) is 1.62. The van der Waals surface area contributed by atoms with Gasteiger partial charge in [-0.3, -0.25) is 0 Å². The summed E-state index contributed by atoms with van der Waals surface area (Å²) in [4.78, 5) is 8.19. The number of rotatable bonds is 0. The molecule has 1 heterocycles. The van der Waals surface area contributed by atoms with Crippen LogP contribution in [0.4, 0.5) is 0 Å². The zero-order valence-electron chi connectivity index (χ0n) is 9.63. The van der Waals surface area contributed by atoms with Crippen molar-refractivity contribution in [3.05, 3.63) is 29.2 Å². The van der Waals surface area contributed by atoms with Gasteiger partial charge in [-0.2, -0.15) is 0 Å². The molecule has 1 aromatic rings. The second-order valence-electron chi connectivity index (χ2n) is 3.56. The maximum absolute atomic E-state index is 8.19. The number of allylic oxidation sites excluding steroid dienone is 1. The summed E-state index contributed by atoms with van der Waals surface area (Å²) in [5.74, 6) is 1.12. The molecule has 90 valence electrons. The third-order valence-electron chi connectivity index (χ3n) is 1.62. The molecule has 0 saturated carbocycles. The van der Waals surface area contributed by atoms with Crippen molar-refractivity contribution in [2.24, 2.45) is 0 Å². The predicted molar refractivity (Wildman–Crippen MR) is 57.2 cm³/mol. The Morgan fingerprint density at radius 3 is 2.25 bits per heavy atom. The van der Waals surface area contributed by atoms with Gasteiger partial charge in [0.05, 0.1) is 6.26 Å². The summed E-state index contributed by atoms with van der Waals surface area (Å²) < 4.78 is 5.19. The molecule has 0 atom stereocenters. The van der Waals surface area contributed by atoms with E-state index in [4.69, 9.17) is 9.21 Å². The van der Waals surface area contributed by atoms with Gasteiger partial charge in [0.2, 0.25) is 0 Å². The molecule has 0 bridgehead atoms. The van der Waals surface area contributed by atoms with Crippen LogP contribution in [0.5, 0.6) is 0 Å². The normalized spacial score (nSPS) is 10.9. The molecular formula is C10H16Cl2O2SiZr. The van der Waals surface area contributed by atoms with Crippen molar-refractivity contribution in [2.45, 2.75) is 26.4 Å². The molecular weight excluding hydrogens is 342 g/mol. The molecule has 0 spiro atoms. The van der Waals surface area contributed by atoms with Crippen molar-refractivity contribution < 1.29 is 60.2 Å². The molecule has 0 amide bonds. The Bertz CT molecular complexity index is 311. The maximum atomic E-state index is 8.19. The summed E-state index contributed by atoms with van der Waals surface area (Å²) in [6, 6.07) is 2.01. The molecule has 1 N–H and O–H groups in total. The molecule has 0 aliphatic heterocycles. The zero-order chi connectivity index (χ0) is 9.84. The second-order valence-corrected chi connectivity index (χ2v) is 5.75. The van der Waals surface area contributed by atoms with E-state index in [9.17, 15) is 0 Å². The van der Waals surface area contributed by atoms with Gasteiger partial charge in [-0.15, -0.1) is 0 Å². The van der Waals surface area contributed by atoms with E-state index >= 15 is 0 Å². The molecule has 1 aliphatic rings. The van der Waals surface area contributed by atoms with Gasteiger partial charge in [0.15, 0.2) is 9.04 Å². The van der Waals surface area contributed by atoms with Crippen molar-refractivity contribution in [1.29, 1.82) is 0 Å². The average molecular weight is 358 g/mol. The Balaban J connectivity index is -0.000000218. The number of hydrogen-bond acceptors (Lipinski definition) is 2. The van der Waals surface area contributed by atoms with Crippen LogP contribution in [-0.4, -0.2) is 13.8 Å². The summed E-state index contributed by atoms with van der Waals surface area (Å²) >= 11 is 0. The maximum Gasteiger partial charge on any atom is 2.00 e. The summed E-state index contributed by atoms with van der Waals surface area (Å²) in [6.45, 7) is 5.84. The van der Waals surface area contributed by atoms with Crippen LogP contribution in [0.1, 0.15) is 18.2 Å². The van der Waals surface area contributed by atoms with Gasteiger partial charge in [0.25, 0.3) is 0 Å². The Morgan fingerprint density at radius 1 is 1.31 bits per heavy atom. The van der Waals surface area contributed by atoms with E-state index < -0.39 is 9.04 Å². The smallest absolute Gasteiger partial charge is 1.00 e. The molecule has 0 radical (unpaired) electrons. The summed E-state index contributed by atoms with van der Waals surface area (Å²) in [5.41, 5.74) is 2.65. The van der Waals surface area contributed by atoms with Crippen LogP contribution in [0.2, 0.25) is 13.1 Å². The predicted octanol–water partition coefficient (Wildman–Crippen LogP) is -3.79. The van der Waals surface area contributed by atoms with E-state index in [0.717, 1.165) is 12.2 Å². The first-order chi connectivity index (χ1) is 6.09. The number of fused-ring (bicyclic) bond motifs is 1. The first-order valence-corrected chi connectivity index (χ1v) is 7.33. The van der Waals surface area contributed by atoms with Crippen LogP contribution < -0.4 is 24.8 Å². The van der Waals surface area contributed by atoms with E-state index in [-0.39, 0.29) is 51.0 Å². The summed E-state index contributed by atoms with van der Waals surface area (Å²) in [6.07, 6.45) is 4.91. The molecule has 0 saturated heterocycles. The minimum atomic E-state index is -1.14. The van der Waals surface area contributed by atoms with Gasteiger partial charge >= 0.3 is 26.2 Å². The Morgan fingerprint density at radius 2 is 1.81 bits per heavy atom. The van der Waals surface area contributed by atoms with Gasteiger partial charge in [-0.25, -0.2) is 0 Å².